The van der Waals surface area contributed by atoms with Crippen LogP contribution in [-0.2, 0) is 14.4 Å². The van der Waals surface area contributed by atoms with Crippen LogP contribution < -0.4 is 33.6 Å². The SMILES string of the molecule is C[C@@H](O)[C@H](NC(=O)[C@@H](N)CCCC[NH3+])C(=O)N[C@@H](CCCC[NH3+])C(N)=O. The van der Waals surface area contributed by atoms with Crippen molar-refractivity contribution < 1.29 is 31.0 Å². The molecule has 10 heteroatoms. The van der Waals surface area contributed by atoms with Crippen molar-refractivity contribution >= 4 is 17.7 Å². The van der Waals surface area contributed by atoms with Gasteiger partial charge in [-0.25, -0.2) is 0 Å². The minimum Gasteiger partial charge on any atom is -0.391 e. The first-order valence-electron chi connectivity index (χ1n) is 9.16. The van der Waals surface area contributed by atoms with Gasteiger partial charge in [0.1, 0.15) is 12.1 Å². The van der Waals surface area contributed by atoms with Gasteiger partial charge in [-0.3, -0.25) is 14.4 Å². The lowest BCUT2D eigenvalue weighted by atomic mass is 10.1. The Bertz CT molecular complexity index is 446. The number of primary amides is 1. The predicted octanol–water partition coefficient (Wildman–Crippen LogP) is -4.03. The van der Waals surface area contributed by atoms with Gasteiger partial charge in [-0.2, -0.15) is 0 Å². The van der Waals surface area contributed by atoms with Crippen LogP contribution in [0.1, 0.15) is 45.4 Å². The first-order valence-corrected chi connectivity index (χ1v) is 9.16. The van der Waals surface area contributed by atoms with Gasteiger partial charge in [0.25, 0.3) is 0 Å². The highest BCUT2D eigenvalue weighted by molar-refractivity contribution is 5.92. The number of nitrogens with two attached hydrogens (primary N) is 2. The standard InChI is InChI=1S/C16H34N6O4/c1-10(23)13(22-15(25)11(19)6-2-4-8-17)16(26)21-12(14(20)24)7-3-5-9-18/h10-13,23H,2-9,17-19H2,1H3,(H2,20,24)(H,21,26)(H,22,25)/p+2/t10-,11+,12+,13+/m1/s1. The maximum Gasteiger partial charge on any atom is 0.245 e. The fraction of sp³-hybridized carbons (Fsp3) is 0.812. The summed E-state index contributed by atoms with van der Waals surface area (Å²) in [6.07, 6.45) is 2.78. The van der Waals surface area contributed by atoms with Gasteiger partial charge in [0.2, 0.25) is 17.7 Å². The molecule has 0 fully saturated rings. The van der Waals surface area contributed by atoms with E-state index in [0.717, 1.165) is 32.4 Å². The third-order valence-electron chi connectivity index (χ3n) is 4.07. The topological polar surface area (TPSA) is 203 Å². The Morgan fingerprint density at radius 3 is 1.96 bits per heavy atom. The van der Waals surface area contributed by atoms with Crippen molar-refractivity contribution in [2.45, 2.75) is 69.7 Å². The molecule has 0 saturated carbocycles. The molecular weight excluding hydrogens is 340 g/mol. The first-order chi connectivity index (χ1) is 12.2. The van der Waals surface area contributed by atoms with Gasteiger partial charge >= 0.3 is 0 Å². The zero-order valence-electron chi connectivity index (χ0n) is 15.7. The molecule has 0 aliphatic carbocycles. The highest BCUT2D eigenvalue weighted by Crippen LogP contribution is 2.03. The average Bonchev–Trinajstić information content (AvgIpc) is 2.58. The van der Waals surface area contributed by atoms with Crippen LogP contribution in [0, 0.1) is 0 Å². The molecule has 10 nitrogen and oxygen atoms in total. The molecule has 0 rings (SSSR count). The van der Waals surface area contributed by atoms with E-state index in [1.54, 1.807) is 0 Å². The van der Waals surface area contributed by atoms with Crippen LogP contribution in [0.15, 0.2) is 0 Å². The minimum atomic E-state index is -1.21. The van der Waals surface area contributed by atoms with E-state index in [-0.39, 0.29) is 0 Å². The number of carbonyl (C=O) groups excluding carboxylic acids is 3. The number of rotatable bonds is 14. The van der Waals surface area contributed by atoms with E-state index in [2.05, 4.69) is 22.1 Å². The first kappa shape index (κ1) is 24.2. The molecule has 0 bridgehead atoms. The van der Waals surface area contributed by atoms with Gasteiger partial charge in [0, 0.05) is 0 Å². The lowest BCUT2D eigenvalue weighted by Crippen LogP contribution is -2.58. The van der Waals surface area contributed by atoms with Gasteiger partial charge in [0.05, 0.1) is 25.2 Å². The summed E-state index contributed by atoms with van der Waals surface area (Å²) in [5.74, 6) is -1.86. The zero-order chi connectivity index (χ0) is 20.1. The molecule has 0 aromatic carbocycles. The Morgan fingerprint density at radius 1 is 0.962 bits per heavy atom. The Kier molecular flexibility index (Phi) is 12.5. The monoisotopic (exact) mass is 376 g/mol. The van der Waals surface area contributed by atoms with Crippen LogP contribution in [0.5, 0.6) is 0 Å². The number of amides is 3. The van der Waals surface area contributed by atoms with Crippen LogP contribution in [0.25, 0.3) is 0 Å². The zero-order valence-corrected chi connectivity index (χ0v) is 15.7. The molecule has 13 N–H and O–H groups in total. The Morgan fingerprint density at radius 2 is 1.50 bits per heavy atom. The molecule has 0 aliphatic heterocycles. The minimum absolute atomic E-state index is 0.377. The average molecular weight is 377 g/mol. The van der Waals surface area contributed by atoms with E-state index in [9.17, 15) is 19.5 Å². The Balaban J connectivity index is 4.77. The lowest BCUT2D eigenvalue weighted by Gasteiger charge is -2.25. The van der Waals surface area contributed by atoms with Crippen LogP contribution in [-0.4, -0.2) is 60.1 Å². The number of carbonyl (C=O) groups is 3. The second-order valence-electron chi connectivity index (χ2n) is 6.50. The van der Waals surface area contributed by atoms with Crippen molar-refractivity contribution in [1.29, 1.82) is 0 Å². The molecule has 0 aliphatic rings. The highest BCUT2D eigenvalue weighted by atomic mass is 16.3. The summed E-state index contributed by atoms with van der Waals surface area (Å²) in [4.78, 5) is 36.1. The normalized spacial score (nSPS) is 15.6. The Hall–Kier alpha value is -1.75. The molecule has 26 heavy (non-hydrogen) atoms. The van der Waals surface area contributed by atoms with Crippen LogP contribution in [0.3, 0.4) is 0 Å². The summed E-state index contributed by atoms with van der Waals surface area (Å²) in [6.45, 7) is 2.86. The third kappa shape index (κ3) is 9.66. The maximum atomic E-state index is 12.4. The number of quaternary nitrogens is 2. The molecule has 0 saturated heterocycles. The molecule has 0 radical (unpaired) electrons. The second-order valence-corrected chi connectivity index (χ2v) is 6.50. The van der Waals surface area contributed by atoms with E-state index < -0.39 is 42.0 Å². The maximum absolute atomic E-state index is 12.4. The lowest BCUT2D eigenvalue weighted by molar-refractivity contribution is -0.368. The fourth-order valence-electron chi connectivity index (χ4n) is 2.41. The van der Waals surface area contributed by atoms with Gasteiger partial charge in [-0.1, -0.05) is 0 Å². The predicted molar refractivity (Wildman–Crippen MR) is 95.9 cm³/mol. The molecule has 0 unspecified atom stereocenters. The molecular formula is C16H36N6O4+2. The van der Waals surface area contributed by atoms with Crippen LogP contribution >= 0.6 is 0 Å². The summed E-state index contributed by atoms with van der Waals surface area (Å²) in [7, 11) is 0. The molecule has 0 spiro atoms. The van der Waals surface area contributed by atoms with Gasteiger partial charge in [-0.05, 0) is 45.4 Å². The van der Waals surface area contributed by atoms with Gasteiger partial charge in [0.15, 0.2) is 0 Å². The summed E-state index contributed by atoms with van der Waals surface area (Å²) >= 11 is 0. The highest BCUT2D eigenvalue weighted by Gasteiger charge is 2.30. The van der Waals surface area contributed by atoms with Crippen molar-refractivity contribution in [3.05, 3.63) is 0 Å². The van der Waals surface area contributed by atoms with Crippen molar-refractivity contribution in [2.75, 3.05) is 13.1 Å². The Labute approximate surface area is 154 Å². The summed E-state index contributed by atoms with van der Waals surface area (Å²) in [5, 5.41) is 14.8. The van der Waals surface area contributed by atoms with E-state index >= 15 is 0 Å². The van der Waals surface area contributed by atoms with Crippen molar-refractivity contribution in [1.82, 2.24) is 10.6 Å². The van der Waals surface area contributed by atoms with E-state index in [1.807, 2.05) is 0 Å². The van der Waals surface area contributed by atoms with Gasteiger partial charge in [-0.15, -0.1) is 0 Å². The van der Waals surface area contributed by atoms with E-state index in [4.69, 9.17) is 11.5 Å². The third-order valence-corrected chi connectivity index (χ3v) is 4.07. The van der Waals surface area contributed by atoms with Gasteiger partial charge < -0.3 is 38.7 Å². The number of aliphatic hydroxyl groups excluding tert-OH is 1. The van der Waals surface area contributed by atoms with Crippen molar-refractivity contribution in [3.8, 4) is 0 Å². The van der Waals surface area contributed by atoms with Crippen LogP contribution in [0.2, 0.25) is 0 Å². The van der Waals surface area contributed by atoms with Crippen LogP contribution in [0.4, 0.5) is 0 Å². The molecule has 152 valence electrons. The quantitative estimate of drug-likeness (QED) is 0.151. The molecule has 3 amide bonds. The summed E-state index contributed by atoms with van der Waals surface area (Å²) < 4.78 is 0. The van der Waals surface area contributed by atoms with E-state index in [1.165, 1.54) is 6.92 Å². The fourth-order valence-corrected chi connectivity index (χ4v) is 2.41. The molecule has 0 heterocycles. The second kappa shape index (κ2) is 13.5. The summed E-state index contributed by atoms with van der Waals surface area (Å²) in [5.41, 5.74) is 18.6. The largest absolute Gasteiger partial charge is 0.391 e. The summed E-state index contributed by atoms with van der Waals surface area (Å²) in [6, 6.07) is -2.85. The number of hydrogen-bond acceptors (Lipinski definition) is 5. The number of hydrogen-bond donors (Lipinski definition) is 7. The number of aliphatic hydroxyl groups is 1. The smallest absolute Gasteiger partial charge is 0.245 e. The molecule has 0 aromatic rings. The van der Waals surface area contributed by atoms with Crippen molar-refractivity contribution in [3.63, 3.8) is 0 Å². The van der Waals surface area contributed by atoms with Crippen molar-refractivity contribution in [2.24, 2.45) is 11.5 Å². The molecule has 0 aromatic heterocycles. The number of unbranched alkanes of at least 4 members (excludes halogenated alkanes) is 2. The molecule has 4 atom stereocenters. The number of nitrogens with one attached hydrogen (secondary N) is 2. The van der Waals surface area contributed by atoms with E-state index in [0.29, 0.717) is 19.3 Å².